The molecule has 2 N–H and O–H groups in total. The molecule has 19 heavy (non-hydrogen) atoms. The fourth-order valence-corrected chi connectivity index (χ4v) is 2.53. The molecule has 2 nitrogen and oxygen atoms in total. The number of nitrogens with two attached hydrogens (primary N) is 1. The van der Waals surface area contributed by atoms with Crippen molar-refractivity contribution < 1.29 is 4.74 Å². The highest BCUT2D eigenvalue weighted by Crippen LogP contribution is 2.30. The second-order valence-corrected chi connectivity index (χ2v) is 5.77. The van der Waals surface area contributed by atoms with E-state index in [0.29, 0.717) is 6.54 Å². The first-order valence-electron chi connectivity index (χ1n) is 5.93. The number of rotatable bonds is 3. The van der Waals surface area contributed by atoms with Crippen LogP contribution in [0.2, 0.25) is 5.02 Å². The van der Waals surface area contributed by atoms with Gasteiger partial charge >= 0.3 is 0 Å². The fourth-order valence-electron chi connectivity index (χ4n) is 1.90. The van der Waals surface area contributed by atoms with E-state index in [1.54, 1.807) is 0 Å². The third kappa shape index (κ3) is 3.50. The van der Waals surface area contributed by atoms with Gasteiger partial charge in [0.05, 0.1) is 0 Å². The van der Waals surface area contributed by atoms with E-state index in [1.165, 1.54) is 0 Å². The number of ether oxygens (including phenoxy) is 1. The van der Waals surface area contributed by atoms with E-state index in [1.807, 2.05) is 44.2 Å². The summed E-state index contributed by atoms with van der Waals surface area (Å²) in [6.45, 7) is 4.41. The van der Waals surface area contributed by atoms with Crippen molar-refractivity contribution in [2.75, 3.05) is 0 Å². The second-order valence-electron chi connectivity index (χ2n) is 4.47. The second kappa shape index (κ2) is 5.95. The minimum atomic E-state index is 0.481. The van der Waals surface area contributed by atoms with E-state index in [0.717, 1.165) is 37.7 Å². The van der Waals surface area contributed by atoms with E-state index in [4.69, 9.17) is 22.1 Å². The molecule has 2 rings (SSSR count). The summed E-state index contributed by atoms with van der Waals surface area (Å²) in [4.78, 5) is 0. The van der Waals surface area contributed by atoms with Crippen LogP contribution in [0.4, 0.5) is 0 Å². The molecule has 0 fully saturated rings. The Hall–Kier alpha value is -1.03. The lowest BCUT2D eigenvalue weighted by Gasteiger charge is -2.11. The molecule has 0 spiro atoms. The summed E-state index contributed by atoms with van der Waals surface area (Å²) in [5, 5.41) is 0.782. The number of halogens is 2. The van der Waals surface area contributed by atoms with Crippen LogP contribution in [0.15, 0.2) is 34.8 Å². The fraction of sp³-hybridized carbons (Fsp3) is 0.200. The first-order chi connectivity index (χ1) is 8.99. The lowest BCUT2D eigenvalue weighted by Crippen LogP contribution is -1.97. The van der Waals surface area contributed by atoms with Gasteiger partial charge in [-0.05, 0) is 60.9 Å². The highest BCUT2D eigenvalue weighted by atomic mass is 79.9. The number of hydrogen-bond acceptors (Lipinski definition) is 2. The van der Waals surface area contributed by atoms with Crippen LogP contribution in [-0.2, 0) is 6.54 Å². The molecule has 0 saturated carbocycles. The molecule has 2 aromatic rings. The first-order valence-corrected chi connectivity index (χ1v) is 7.11. The maximum atomic E-state index is 6.15. The van der Waals surface area contributed by atoms with Crippen LogP contribution in [0, 0.1) is 13.8 Å². The SMILES string of the molecule is Cc1cc(Oc2cc(Br)cc(CN)c2)cc(C)c1Cl. The van der Waals surface area contributed by atoms with Crippen molar-refractivity contribution in [1.82, 2.24) is 0 Å². The summed E-state index contributed by atoms with van der Waals surface area (Å²) in [6.07, 6.45) is 0. The van der Waals surface area contributed by atoms with Crippen LogP contribution < -0.4 is 10.5 Å². The average Bonchev–Trinajstić information content (AvgIpc) is 2.35. The van der Waals surface area contributed by atoms with Crippen molar-refractivity contribution in [1.29, 1.82) is 0 Å². The van der Waals surface area contributed by atoms with Gasteiger partial charge in [0.1, 0.15) is 11.5 Å². The zero-order chi connectivity index (χ0) is 14.0. The Morgan fingerprint density at radius 2 is 1.63 bits per heavy atom. The molecule has 0 atom stereocenters. The molecule has 2 aromatic carbocycles. The third-order valence-electron chi connectivity index (χ3n) is 2.81. The Morgan fingerprint density at radius 1 is 1.05 bits per heavy atom. The molecule has 0 heterocycles. The van der Waals surface area contributed by atoms with Crippen LogP contribution >= 0.6 is 27.5 Å². The quantitative estimate of drug-likeness (QED) is 0.856. The van der Waals surface area contributed by atoms with Crippen molar-refractivity contribution in [2.24, 2.45) is 5.73 Å². The van der Waals surface area contributed by atoms with Gasteiger partial charge in [-0.3, -0.25) is 0 Å². The van der Waals surface area contributed by atoms with Crippen molar-refractivity contribution in [3.05, 3.63) is 56.5 Å². The van der Waals surface area contributed by atoms with Gasteiger partial charge < -0.3 is 10.5 Å². The number of hydrogen-bond donors (Lipinski definition) is 1. The van der Waals surface area contributed by atoms with E-state index in [2.05, 4.69) is 15.9 Å². The Morgan fingerprint density at radius 3 is 2.21 bits per heavy atom. The summed E-state index contributed by atoms with van der Waals surface area (Å²) in [5.74, 6) is 1.54. The molecule has 0 bridgehead atoms. The summed E-state index contributed by atoms with van der Waals surface area (Å²) >= 11 is 9.60. The van der Waals surface area contributed by atoms with Gasteiger partial charge in [0.25, 0.3) is 0 Å². The lowest BCUT2D eigenvalue weighted by atomic mass is 10.1. The molecule has 4 heteroatoms. The monoisotopic (exact) mass is 339 g/mol. The predicted molar refractivity (Wildman–Crippen MR) is 83.0 cm³/mol. The normalized spacial score (nSPS) is 10.6. The van der Waals surface area contributed by atoms with Gasteiger partial charge in [0.2, 0.25) is 0 Å². The number of aryl methyl sites for hydroxylation is 2. The van der Waals surface area contributed by atoms with Crippen molar-refractivity contribution >= 4 is 27.5 Å². The van der Waals surface area contributed by atoms with Crippen LogP contribution in [0.25, 0.3) is 0 Å². The van der Waals surface area contributed by atoms with Gasteiger partial charge in [0, 0.05) is 16.0 Å². The van der Waals surface area contributed by atoms with E-state index in [9.17, 15) is 0 Å². The van der Waals surface area contributed by atoms with E-state index in [-0.39, 0.29) is 0 Å². The molecular weight excluding hydrogens is 326 g/mol. The zero-order valence-electron chi connectivity index (χ0n) is 10.8. The Kier molecular flexibility index (Phi) is 4.50. The molecule has 100 valence electrons. The highest BCUT2D eigenvalue weighted by molar-refractivity contribution is 9.10. The third-order valence-corrected chi connectivity index (χ3v) is 3.87. The molecule has 0 aromatic heterocycles. The van der Waals surface area contributed by atoms with Crippen molar-refractivity contribution in [3.8, 4) is 11.5 Å². The standard InChI is InChI=1S/C15H15BrClNO/c1-9-3-13(4-10(2)15(9)17)19-14-6-11(8-18)5-12(16)7-14/h3-7H,8,18H2,1-2H3. The summed E-state index contributed by atoms with van der Waals surface area (Å²) in [6, 6.07) is 9.68. The largest absolute Gasteiger partial charge is 0.457 e. The molecule has 0 saturated heterocycles. The van der Waals surface area contributed by atoms with Gasteiger partial charge in [-0.1, -0.05) is 27.5 Å². The summed E-state index contributed by atoms with van der Waals surface area (Å²) < 4.78 is 6.83. The van der Waals surface area contributed by atoms with Gasteiger partial charge in [-0.25, -0.2) is 0 Å². The predicted octanol–water partition coefficient (Wildman–Crippen LogP) is 4.97. The Labute approximate surface area is 126 Å². The number of benzene rings is 2. The average molecular weight is 341 g/mol. The minimum absolute atomic E-state index is 0.481. The highest BCUT2D eigenvalue weighted by Gasteiger charge is 2.06. The van der Waals surface area contributed by atoms with Crippen LogP contribution in [0.3, 0.4) is 0 Å². The Balaban J connectivity index is 2.33. The van der Waals surface area contributed by atoms with Gasteiger partial charge in [0.15, 0.2) is 0 Å². The smallest absolute Gasteiger partial charge is 0.128 e. The van der Waals surface area contributed by atoms with E-state index < -0.39 is 0 Å². The molecule has 0 unspecified atom stereocenters. The molecule has 0 aliphatic carbocycles. The van der Waals surface area contributed by atoms with Crippen LogP contribution in [0.1, 0.15) is 16.7 Å². The molecular formula is C15H15BrClNO. The zero-order valence-corrected chi connectivity index (χ0v) is 13.2. The van der Waals surface area contributed by atoms with Crippen molar-refractivity contribution in [2.45, 2.75) is 20.4 Å². The maximum absolute atomic E-state index is 6.15. The molecule has 0 radical (unpaired) electrons. The molecule has 0 aliphatic rings. The van der Waals surface area contributed by atoms with Crippen LogP contribution in [0.5, 0.6) is 11.5 Å². The van der Waals surface area contributed by atoms with Gasteiger partial charge in [-0.15, -0.1) is 0 Å². The first kappa shape index (κ1) is 14.4. The Bertz CT molecular complexity index is 590. The molecule has 0 aliphatic heterocycles. The van der Waals surface area contributed by atoms with Gasteiger partial charge in [-0.2, -0.15) is 0 Å². The minimum Gasteiger partial charge on any atom is -0.457 e. The summed E-state index contributed by atoms with van der Waals surface area (Å²) in [7, 11) is 0. The summed E-state index contributed by atoms with van der Waals surface area (Å²) in [5.41, 5.74) is 8.69. The maximum Gasteiger partial charge on any atom is 0.128 e. The van der Waals surface area contributed by atoms with Crippen molar-refractivity contribution in [3.63, 3.8) is 0 Å². The topological polar surface area (TPSA) is 35.2 Å². The van der Waals surface area contributed by atoms with Crippen LogP contribution in [-0.4, -0.2) is 0 Å². The molecule has 0 amide bonds. The lowest BCUT2D eigenvalue weighted by molar-refractivity contribution is 0.481. The van der Waals surface area contributed by atoms with E-state index >= 15 is 0 Å².